The molecule has 0 saturated carbocycles. The molecule has 0 unspecified atom stereocenters. The molecule has 0 radical (unpaired) electrons. The highest BCUT2D eigenvalue weighted by Gasteiger charge is 2.31. The fraction of sp³-hybridized carbons (Fsp3) is 0.500. The van der Waals surface area contributed by atoms with Crippen LogP contribution in [-0.4, -0.2) is 11.6 Å². The number of rotatable bonds is 3. The number of hydrogen-bond acceptors (Lipinski definition) is 2. The van der Waals surface area contributed by atoms with Crippen LogP contribution >= 0.6 is 11.6 Å². The first-order valence-electron chi connectivity index (χ1n) is 4.66. The van der Waals surface area contributed by atoms with Gasteiger partial charge < -0.3 is 4.74 Å². The molecule has 2 nitrogen and oxygen atoms in total. The molecular formula is C10H11ClF3NO. The fourth-order valence-corrected chi connectivity index (χ4v) is 1.16. The van der Waals surface area contributed by atoms with Crippen LogP contribution in [-0.2, 0) is 6.18 Å². The molecule has 0 amide bonds. The van der Waals surface area contributed by atoms with E-state index < -0.39 is 11.7 Å². The van der Waals surface area contributed by atoms with Gasteiger partial charge in [0.05, 0.1) is 12.2 Å². The first kappa shape index (κ1) is 13.1. The van der Waals surface area contributed by atoms with Crippen LogP contribution < -0.4 is 4.74 Å². The zero-order chi connectivity index (χ0) is 12.3. The van der Waals surface area contributed by atoms with Gasteiger partial charge in [-0.25, -0.2) is 4.98 Å². The van der Waals surface area contributed by atoms with Crippen molar-refractivity contribution in [2.75, 3.05) is 6.61 Å². The van der Waals surface area contributed by atoms with Crippen LogP contribution in [0.5, 0.6) is 5.88 Å². The van der Waals surface area contributed by atoms with E-state index in [0.717, 1.165) is 12.1 Å². The van der Waals surface area contributed by atoms with Gasteiger partial charge in [0.1, 0.15) is 5.15 Å². The Labute approximate surface area is 96.4 Å². The first-order chi connectivity index (χ1) is 7.29. The maximum Gasteiger partial charge on any atom is 0.416 e. The van der Waals surface area contributed by atoms with Gasteiger partial charge in [-0.1, -0.05) is 25.4 Å². The van der Waals surface area contributed by atoms with Gasteiger partial charge in [-0.3, -0.25) is 0 Å². The van der Waals surface area contributed by atoms with Gasteiger partial charge in [0.2, 0.25) is 5.88 Å². The molecule has 16 heavy (non-hydrogen) atoms. The van der Waals surface area contributed by atoms with Crippen molar-refractivity contribution in [3.05, 3.63) is 22.8 Å². The molecule has 0 aromatic carbocycles. The predicted molar refractivity (Wildman–Crippen MR) is 54.6 cm³/mol. The molecular weight excluding hydrogens is 243 g/mol. The SMILES string of the molecule is CC(C)COc1cc(C(F)(F)F)cc(Cl)n1. The highest BCUT2D eigenvalue weighted by Crippen LogP contribution is 2.32. The smallest absolute Gasteiger partial charge is 0.416 e. The van der Waals surface area contributed by atoms with E-state index in [-0.39, 0.29) is 17.0 Å². The standard InChI is InChI=1S/C10H11ClF3NO/c1-6(2)5-16-9-4-7(10(12,13)14)3-8(11)15-9/h3-4,6H,5H2,1-2H3. The van der Waals surface area contributed by atoms with E-state index in [4.69, 9.17) is 16.3 Å². The summed E-state index contributed by atoms with van der Waals surface area (Å²) in [6, 6.07) is 1.61. The van der Waals surface area contributed by atoms with Crippen molar-refractivity contribution in [2.45, 2.75) is 20.0 Å². The predicted octanol–water partition coefficient (Wildman–Crippen LogP) is 3.79. The lowest BCUT2D eigenvalue weighted by Crippen LogP contribution is -2.09. The quantitative estimate of drug-likeness (QED) is 0.765. The van der Waals surface area contributed by atoms with Crippen LogP contribution in [0, 0.1) is 5.92 Å². The van der Waals surface area contributed by atoms with E-state index in [2.05, 4.69) is 4.98 Å². The molecule has 0 saturated heterocycles. The second-order valence-corrected chi connectivity index (χ2v) is 4.11. The minimum atomic E-state index is -4.44. The Morgan fingerprint density at radius 1 is 1.38 bits per heavy atom. The summed E-state index contributed by atoms with van der Waals surface area (Å²) in [5, 5.41) is -0.228. The molecule has 0 spiro atoms. The van der Waals surface area contributed by atoms with Crippen molar-refractivity contribution in [1.29, 1.82) is 0 Å². The van der Waals surface area contributed by atoms with Crippen LogP contribution in [0.3, 0.4) is 0 Å². The van der Waals surface area contributed by atoms with Crippen LogP contribution in [0.2, 0.25) is 5.15 Å². The molecule has 0 aliphatic heterocycles. The maximum atomic E-state index is 12.4. The molecule has 0 atom stereocenters. The minimum absolute atomic E-state index is 0.103. The summed E-state index contributed by atoms with van der Waals surface area (Å²) in [6.07, 6.45) is -4.44. The molecule has 0 fully saturated rings. The van der Waals surface area contributed by atoms with Crippen molar-refractivity contribution in [3.63, 3.8) is 0 Å². The largest absolute Gasteiger partial charge is 0.477 e. The average Bonchev–Trinajstić information content (AvgIpc) is 2.12. The van der Waals surface area contributed by atoms with Gasteiger partial charge in [-0.2, -0.15) is 13.2 Å². The lowest BCUT2D eigenvalue weighted by Gasteiger charge is -2.11. The molecule has 1 aromatic rings. The number of hydrogen-bond donors (Lipinski definition) is 0. The average molecular weight is 254 g/mol. The van der Waals surface area contributed by atoms with Crippen molar-refractivity contribution < 1.29 is 17.9 Å². The molecule has 1 heterocycles. The number of pyridine rings is 1. The number of aromatic nitrogens is 1. The molecule has 1 rings (SSSR count). The highest BCUT2D eigenvalue weighted by molar-refractivity contribution is 6.29. The third-order valence-corrected chi connectivity index (χ3v) is 1.86. The Balaban J connectivity index is 2.90. The molecule has 0 aliphatic carbocycles. The highest BCUT2D eigenvalue weighted by atomic mass is 35.5. The fourth-order valence-electron chi connectivity index (χ4n) is 0.962. The number of alkyl halides is 3. The van der Waals surface area contributed by atoms with E-state index in [1.807, 2.05) is 13.8 Å². The van der Waals surface area contributed by atoms with Gasteiger partial charge in [-0.05, 0) is 12.0 Å². The minimum Gasteiger partial charge on any atom is -0.477 e. The molecule has 6 heteroatoms. The van der Waals surface area contributed by atoms with Crippen molar-refractivity contribution in [1.82, 2.24) is 4.98 Å². The lowest BCUT2D eigenvalue weighted by molar-refractivity contribution is -0.137. The van der Waals surface area contributed by atoms with Crippen LogP contribution in [0.1, 0.15) is 19.4 Å². The van der Waals surface area contributed by atoms with Gasteiger partial charge in [0, 0.05) is 6.07 Å². The second kappa shape index (κ2) is 4.91. The summed E-state index contributed by atoms with van der Waals surface area (Å²) in [5.41, 5.74) is -0.855. The van der Waals surface area contributed by atoms with E-state index in [0.29, 0.717) is 6.61 Å². The van der Waals surface area contributed by atoms with Crippen molar-refractivity contribution >= 4 is 11.6 Å². The summed E-state index contributed by atoms with van der Waals surface area (Å²) >= 11 is 5.48. The van der Waals surface area contributed by atoms with Crippen LogP contribution in [0.15, 0.2) is 12.1 Å². The lowest BCUT2D eigenvalue weighted by atomic mass is 10.2. The summed E-state index contributed by atoms with van der Waals surface area (Å²) in [4.78, 5) is 3.66. The Bertz CT molecular complexity index is 366. The third kappa shape index (κ3) is 3.89. The summed E-state index contributed by atoms with van der Waals surface area (Å²) in [7, 11) is 0. The molecule has 0 N–H and O–H groups in total. The van der Waals surface area contributed by atoms with Gasteiger partial charge in [0.25, 0.3) is 0 Å². The molecule has 1 aromatic heterocycles. The summed E-state index contributed by atoms with van der Waals surface area (Å²) in [6.45, 7) is 4.06. The zero-order valence-electron chi connectivity index (χ0n) is 8.81. The Morgan fingerprint density at radius 3 is 2.50 bits per heavy atom. The molecule has 0 bridgehead atoms. The number of halogens is 4. The first-order valence-corrected chi connectivity index (χ1v) is 5.04. The van der Waals surface area contributed by atoms with Crippen molar-refractivity contribution in [3.8, 4) is 5.88 Å². The number of nitrogens with zero attached hydrogens (tertiary/aromatic N) is 1. The van der Waals surface area contributed by atoms with Crippen LogP contribution in [0.25, 0.3) is 0 Å². The molecule has 90 valence electrons. The third-order valence-electron chi connectivity index (χ3n) is 1.66. The topological polar surface area (TPSA) is 22.1 Å². The Kier molecular flexibility index (Phi) is 4.02. The van der Waals surface area contributed by atoms with E-state index in [1.165, 1.54) is 0 Å². The second-order valence-electron chi connectivity index (χ2n) is 3.72. The number of ether oxygens (including phenoxy) is 1. The van der Waals surface area contributed by atoms with Crippen molar-refractivity contribution in [2.24, 2.45) is 5.92 Å². The normalized spacial score (nSPS) is 11.9. The van der Waals surface area contributed by atoms with E-state index in [1.54, 1.807) is 0 Å². The Hall–Kier alpha value is -0.970. The van der Waals surface area contributed by atoms with Gasteiger partial charge >= 0.3 is 6.18 Å². The monoisotopic (exact) mass is 253 g/mol. The van der Waals surface area contributed by atoms with E-state index in [9.17, 15) is 13.2 Å². The summed E-state index contributed by atoms with van der Waals surface area (Å²) in [5.74, 6) is 0.101. The zero-order valence-corrected chi connectivity index (χ0v) is 9.56. The van der Waals surface area contributed by atoms with E-state index >= 15 is 0 Å². The van der Waals surface area contributed by atoms with Crippen LogP contribution in [0.4, 0.5) is 13.2 Å². The Morgan fingerprint density at radius 2 is 2.00 bits per heavy atom. The van der Waals surface area contributed by atoms with Gasteiger partial charge in [-0.15, -0.1) is 0 Å². The van der Waals surface area contributed by atoms with Gasteiger partial charge in [0.15, 0.2) is 0 Å². The maximum absolute atomic E-state index is 12.4. The molecule has 0 aliphatic rings. The summed E-state index contributed by atoms with van der Waals surface area (Å²) < 4.78 is 42.3.